The monoisotopic (exact) mass is 288 g/mol. The molecule has 1 aliphatic heterocycles. The Hall–Kier alpha value is -1.35. The SMILES string of the molecule is CCCCN1CC(C)CN=C1C(OCC)c1ccccc1. The van der Waals surface area contributed by atoms with Gasteiger partial charge in [-0.25, -0.2) is 0 Å². The first-order chi connectivity index (χ1) is 10.3. The van der Waals surface area contributed by atoms with Crippen LogP contribution in [0.2, 0.25) is 0 Å². The molecule has 2 unspecified atom stereocenters. The molecule has 0 aromatic heterocycles. The number of rotatable bonds is 7. The molecule has 116 valence electrons. The summed E-state index contributed by atoms with van der Waals surface area (Å²) in [6, 6.07) is 10.5. The maximum Gasteiger partial charge on any atom is 0.140 e. The lowest BCUT2D eigenvalue weighted by molar-refractivity contribution is 0.0961. The fourth-order valence-electron chi connectivity index (χ4n) is 2.79. The second kappa shape index (κ2) is 8.18. The fraction of sp³-hybridized carbons (Fsp3) is 0.611. The van der Waals surface area contributed by atoms with Gasteiger partial charge in [0.2, 0.25) is 0 Å². The summed E-state index contributed by atoms with van der Waals surface area (Å²) in [7, 11) is 0. The molecule has 0 N–H and O–H groups in total. The van der Waals surface area contributed by atoms with Crippen molar-refractivity contribution in [2.24, 2.45) is 10.9 Å². The van der Waals surface area contributed by atoms with Gasteiger partial charge in [-0.05, 0) is 24.8 Å². The summed E-state index contributed by atoms with van der Waals surface area (Å²) >= 11 is 0. The van der Waals surface area contributed by atoms with Crippen molar-refractivity contribution in [1.82, 2.24) is 4.90 Å². The third kappa shape index (κ3) is 4.31. The van der Waals surface area contributed by atoms with Crippen LogP contribution in [0.5, 0.6) is 0 Å². The number of aliphatic imine (C=N–C) groups is 1. The summed E-state index contributed by atoms with van der Waals surface area (Å²) in [5, 5.41) is 0. The van der Waals surface area contributed by atoms with E-state index in [0.29, 0.717) is 12.5 Å². The highest BCUT2D eigenvalue weighted by molar-refractivity contribution is 5.88. The van der Waals surface area contributed by atoms with Crippen LogP contribution in [-0.2, 0) is 4.74 Å². The molecule has 3 heteroatoms. The minimum Gasteiger partial charge on any atom is -0.366 e. The molecule has 1 aromatic rings. The standard InChI is InChI=1S/C18H28N2O/c1-4-6-12-20-14-15(3)13-19-18(20)17(21-5-2)16-10-8-7-9-11-16/h7-11,15,17H,4-6,12-14H2,1-3H3. The van der Waals surface area contributed by atoms with E-state index in [1.807, 2.05) is 6.07 Å². The molecule has 0 saturated heterocycles. The molecule has 2 atom stereocenters. The van der Waals surface area contributed by atoms with E-state index in [9.17, 15) is 0 Å². The average Bonchev–Trinajstić information content (AvgIpc) is 2.52. The highest BCUT2D eigenvalue weighted by Gasteiger charge is 2.27. The molecule has 2 rings (SSSR count). The first-order valence-corrected chi connectivity index (χ1v) is 8.22. The normalized spacial score (nSPS) is 20.2. The molecule has 0 radical (unpaired) electrons. The Balaban J connectivity index is 2.23. The van der Waals surface area contributed by atoms with Gasteiger partial charge in [-0.1, -0.05) is 50.6 Å². The highest BCUT2D eigenvalue weighted by Crippen LogP contribution is 2.25. The predicted octanol–water partition coefficient (Wildman–Crippen LogP) is 3.91. The van der Waals surface area contributed by atoms with Crippen LogP contribution in [0.1, 0.15) is 45.3 Å². The molecule has 21 heavy (non-hydrogen) atoms. The number of amidine groups is 1. The third-order valence-electron chi connectivity index (χ3n) is 3.87. The van der Waals surface area contributed by atoms with E-state index in [2.05, 4.69) is 49.9 Å². The van der Waals surface area contributed by atoms with Crippen LogP contribution in [0.3, 0.4) is 0 Å². The van der Waals surface area contributed by atoms with E-state index in [4.69, 9.17) is 9.73 Å². The third-order valence-corrected chi connectivity index (χ3v) is 3.87. The summed E-state index contributed by atoms with van der Waals surface area (Å²) < 4.78 is 6.04. The van der Waals surface area contributed by atoms with Crippen molar-refractivity contribution in [3.63, 3.8) is 0 Å². The van der Waals surface area contributed by atoms with Gasteiger partial charge >= 0.3 is 0 Å². The van der Waals surface area contributed by atoms with Crippen LogP contribution >= 0.6 is 0 Å². The smallest absolute Gasteiger partial charge is 0.140 e. The summed E-state index contributed by atoms with van der Waals surface area (Å²) in [5.74, 6) is 1.75. The zero-order chi connectivity index (χ0) is 15.1. The summed E-state index contributed by atoms with van der Waals surface area (Å²) in [6.07, 6.45) is 2.39. The van der Waals surface area contributed by atoms with Crippen molar-refractivity contribution >= 4 is 5.84 Å². The van der Waals surface area contributed by atoms with Crippen molar-refractivity contribution in [1.29, 1.82) is 0 Å². The maximum atomic E-state index is 6.04. The lowest BCUT2D eigenvalue weighted by Crippen LogP contribution is -2.43. The zero-order valence-electron chi connectivity index (χ0n) is 13.6. The van der Waals surface area contributed by atoms with Gasteiger partial charge < -0.3 is 9.64 Å². The van der Waals surface area contributed by atoms with Gasteiger partial charge in [0, 0.05) is 26.2 Å². The minimum atomic E-state index is -0.0273. The fourth-order valence-corrected chi connectivity index (χ4v) is 2.79. The molecule has 1 aromatic carbocycles. The number of unbranched alkanes of at least 4 members (excludes halogenated alkanes) is 1. The molecule has 0 amide bonds. The Labute approximate surface area is 129 Å². The average molecular weight is 288 g/mol. The Morgan fingerprint density at radius 2 is 2.05 bits per heavy atom. The summed E-state index contributed by atoms with van der Waals surface area (Å²) in [4.78, 5) is 7.29. The van der Waals surface area contributed by atoms with E-state index in [1.54, 1.807) is 0 Å². The topological polar surface area (TPSA) is 24.8 Å². The number of hydrogen-bond acceptors (Lipinski definition) is 3. The van der Waals surface area contributed by atoms with Crippen LogP contribution < -0.4 is 0 Å². The molecule has 1 heterocycles. The second-order valence-electron chi connectivity index (χ2n) is 5.85. The molecule has 0 saturated carbocycles. The quantitative estimate of drug-likeness (QED) is 0.760. The van der Waals surface area contributed by atoms with E-state index >= 15 is 0 Å². The Bertz CT molecular complexity index is 444. The van der Waals surface area contributed by atoms with Gasteiger partial charge in [0.1, 0.15) is 11.9 Å². The molecule has 3 nitrogen and oxygen atoms in total. The lowest BCUT2D eigenvalue weighted by atomic mass is 10.0. The van der Waals surface area contributed by atoms with Crippen molar-refractivity contribution in [2.75, 3.05) is 26.2 Å². The number of ether oxygens (including phenoxy) is 1. The molecule has 1 aliphatic rings. The Kier molecular flexibility index (Phi) is 6.24. The van der Waals surface area contributed by atoms with E-state index < -0.39 is 0 Å². The molecule has 0 fully saturated rings. The molecular weight excluding hydrogens is 260 g/mol. The van der Waals surface area contributed by atoms with Crippen molar-refractivity contribution < 1.29 is 4.74 Å². The largest absolute Gasteiger partial charge is 0.366 e. The van der Waals surface area contributed by atoms with E-state index in [-0.39, 0.29) is 6.10 Å². The first kappa shape index (κ1) is 16.0. The number of nitrogens with zero attached hydrogens (tertiary/aromatic N) is 2. The molecule has 0 aliphatic carbocycles. The van der Waals surface area contributed by atoms with Crippen molar-refractivity contribution in [3.8, 4) is 0 Å². The van der Waals surface area contributed by atoms with Gasteiger partial charge in [-0.3, -0.25) is 4.99 Å². The van der Waals surface area contributed by atoms with Crippen LogP contribution in [-0.4, -0.2) is 37.0 Å². The lowest BCUT2D eigenvalue weighted by Gasteiger charge is -2.36. The summed E-state index contributed by atoms with van der Waals surface area (Å²) in [6.45, 7) is 10.4. The zero-order valence-corrected chi connectivity index (χ0v) is 13.6. The van der Waals surface area contributed by atoms with Crippen molar-refractivity contribution in [2.45, 2.75) is 39.7 Å². The number of hydrogen-bond donors (Lipinski definition) is 0. The Morgan fingerprint density at radius 1 is 1.29 bits per heavy atom. The van der Waals surface area contributed by atoms with E-state index in [0.717, 1.165) is 25.5 Å². The van der Waals surface area contributed by atoms with Gasteiger partial charge in [0.15, 0.2) is 0 Å². The van der Waals surface area contributed by atoms with E-state index in [1.165, 1.54) is 18.4 Å². The number of benzene rings is 1. The second-order valence-corrected chi connectivity index (χ2v) is 5.85. The predicted molar refractivity (Wildman–Crippen MR) is 88.8 cm³/mol. The molecule has 0 spiro atoms. The van der Waals surface area contributed by atoms with Crippen molar-refractivity contribution in [3.05, 3.63) is 35.9 Å². The first-order valence-electron chi connectivity index (χ1n) is 8.22. The van der Waals surface area contributed by atoms with Gasteiger partial charge in [0.05, 0.1) is 0 Å². The van der Waals surface area contributed by atoms with Crippen LogP contribution in [0.25, 0.3) is 0 Å². The summed E-state index contributed by atoms with van der Waals surface area (Å²) in [5.41, 5.74) is 1.20. The maximum absolute atomic E-state index is 6.04. The molecular formula is C18H28N2O. The van der Waals surface area contributed by atoms with Crippen LogP contribution in [0, 0.1) is 5.92 Å². The highest BCUT2D eigenvalue weighted by atomic mass is 16.5. The van der Waals surface area contributed by atoms with Gasteiger partial charge in [0.25, 0.3) is 0 Å². The van der Waals surface area contributed by atoms with Gasteiger partial charge in [-0.15, -0.1) is 0 Å². The van der Waals surface area contributed by atoms with Crippen LogP contribution in [0.15, 0.2) is 35.3 Å². The minimum absolute atomic E-state index is 0.0273. The van der Waals surface area contributed by atoms with Crippen LogP contribution in [0.4, 0.5) is 0 Å². The Morgan fingerprint density at radius 3 is 2.71 bits per heavy atom. The molecule has 0 bridgehead atoms. The van der Waals surface area contributed by atoms with Gasteiger partial charge in [-0.2, -0.15) is 0 Å².